The lowest BCUT2D eigenvalue weighted by atomic mass is 10.1. The molecule has 1 heterocycles. The van der Waals surface area contributed by atoms with Gasteiger partial charge in [0.15, 0.2) is 0 Å². The summed E-state index contributed by atoms with van der Waals surface area (Å²) in [6.07, 6.45) is 1.67. The van der Waals surface area contributed by atoms with Crippen LogP contribution in [0.15, 0.2) is 22.8 Å². The molecule has 2 rings (SSSR count). The van der Waals surface area contributed by atoms with Crippen molar-refractivity contribution in [1.82, 2.24) is 10.2 Å². The third-order valence-corrected chi connectivity index (χ3v) is 3.03. The van der Waals surface area contributed by atoms with E-state index in [-0.39, 0.29) is 5.97 Å². The average Bonchev–Trinajstić information content (AvgIpc) is 2.63. The lowest BCUT2D eigenvalue weighted by Crippen LogP contribution is -2.24. The summed E-state index contributed by atoms with van der Waals surface area (Å²) in [5.41, 5.74) is 0.889. The highest BCUT2D eigenvalue weighted by atomic mass is 79.9. The summed E-state index contributed by atoms with van der Waals surface area (Å²) >= 11 is 3.41. The van der Waals surface area contributed by atoms with Gasteiger partial charge in [-0.15, -0.1) is 0 Å². The number of ether oxygens (including phenoxy) is 1. The van der Waals surface area contributed by atoms with Crippen LogP contribution in [-0.2, 0) is 4.74 Å². The van der Waals surface area contributed by atoms with Crippen molar-refractivity contribution in [3.05, 3.63) is 28.4 Å². The lowest BCUT2D eigenvalue weighted by molar-refractivity contribution is 0.00687. The number of aromatic amines is 1. The highest BCUT2D eigenvalue weighted by molar-refractivity contribution is 9.10. The summed E-state index contributed by atoms with van der Waals surface area (Å²) in [7, 11) is 0. The van der Waals surface area contributed by atoms with Gasteiger partial charge in [-0.25, -0.2) is 4.79 Å². The van der Waals surface area contributed by atoms with Gasteiger partial charge in [0, 0.05) is 9.86 Å². The van der Waals surface area contributed by atoms with Gasteiger partial charge in [-0.2, -0.15) is 5.10 Å². The number of aromatic nitrogens is 2. The molecule has 0 aliphatic carbocycles. The Morgan fingerprint density at radius 3 is 2.76 bits per heavy atom. The molecule has 0 fully saturated rings. The third-order valence-electron chi connectivity index (χ3n) is 2.18. The number of carbonyl (C=O) groups excluding carboxylic acids is 1. The monoisotopic (exact) mass is 296 g/mol. The van der Waals surface area contributed by atoms with E-state index in [0.717, 1.165) is 10.9 Å². The second-order valence-electron chi connectivity index (χ2n) is 4.76. The van der Waals surface area contributed by atoms with Crippen LogP contribution in [-0.4, -0.2) is 21.8 Å². The minimum Gasteiger partial charge on any atom is -0.456 e. The van der Waals surface area contributed by atoms with Gasteiger partial charge in [0.05, 0.1) is 17.3 Å². The van der Waals surface area contributed by atoms with Crippen molar-refractivity contribution in [3.63, 3.8) is 0 Å². The maximum Gasteiger partial charge on any atom is 0.339 e. The standard InChI is InChI=1S/C12H13BrN2O2/c1-12(2,3)17-11(16)7-4-5-9-8(10(7)13)6-14-15-9/h4-6H,1-3H3,(H,14,15). The number of H-pyrrole nitrogens is 1. The second-order valence-corrected chi connectivity index (χ2v) is 5.55. The van der Waals surface area contributed by atoms with Crippen molar-refractivity contribution in [2.75, 3.05) is 0 Å². The smallest absolute Gasteiger partial charge is 0.339 e. The molecule has 0 aliphatic rings. The second kappa shape index (κ2) is 4.14. The van der Waals surface area contributed by atoms with E-state index < -0.39 is 5.60 Å². The van der Waals surface area contributed by atoms with Gasteiger partial charge in [-0.3, -0.25) is 5.10 Å². The highest BCUT2D eigenvalue weighted by Crippen LogP contribution is 2.27. The molecule has 2 aromatic rings. The van der Waals surface area contributed by atoms with Gasteiger partial charge in [-0.1, -0.05) is 0 Å². The predicted octanol–water partition coefficient (Wildman–Crippen LogP) is 3.28. The third kappa shape index (κ3) is 2.49. The predicted molar refractivity (Wildman–Crippen MR) is 69.0 cm³/mol. The Morgan fingerprint density at radius 2 is 2.12 bits per heavy atom. The fourth-order valence-electron chi connectivity index (χ4n) is 1.47. The number of esters is 1. The number of hydrogen-bond acceptors (Lipinski definition) is 3. The number of carbonyl (C=O) groups is 1. The Labute approximate surface area is 107 Å². The number of nitrogens with zero attached hydrogens (tertiary/aromatic N) is 1. The minimum atomic E-state index is -0.498. The van der Waals surface area contributed by atoms with Crippen molar-refractivity contribution in [2.24, 2.45) is 0 Å². The zero-order chi connectivity index (χ0) is 12.6. The normalized spacial score (nSPS) is 11.8. The van der Waals surface area contributed by atoms with Crippen LogP contribution >= 0.6 is 15.9 Å². The zero-order valence-corrected chi connectivity index (χ0v) is 11.5. The molecule has 0 aliphatic heterocycles. The van der Waals surface area contributed by atoms with Crippen molar-refractivity contribution in [2.45, 2.75) is 26.4 Å². The number of hydrogen-bond donors (Lipinski definition) is 1. The molecule has 0 saturated carbocycles. The Bertz CT molecular complexity index is 569. The van der Waals surface area contributed by atoms with Crippen LogP contribution in [0.25, 0.3) is 10.9 Å². The summed E-state index contributed by atoms with van der Waals surface area (Å²) in [4.78, 5) is 12.0. The van der Waals surface area contributed by atoms with E-state index in [1.165, 1.54) is 0 Å². The van der Waals surface area contributed by atoms with E-state index in [9.17, 15) is 4.79 Å². The van der Waals surface area contributed by atoms with Gasteiger partial charge in [-0.05, 0) is 48.8 Å². The van der Waals surface area contributed by atoms with Gasteiger partial charge in [0.2, 0.25) is 0 Å². The van der Waals surface area contributed by atoms with Crippen molar-refractivity contribution >= 4 is 32.8 Å². The highest BCUT2D eigenvalue weighted by Gasteiger charge is 2.20. The van der Waals surface area contributed by atoms with Crippen LogP contribution < -0.4 is 0 Å². The summed E-state index contributed by atoms with van der Waals surface area (Å²) in [6.45, 7) is 5.53. The number of rotatable bonds is 1. The fraction of sp³-hybridized carbons (Fsp3) is 0.333. The fourth-order valence-corrected chi connectivity index (χ4v) is 2.08. The molecule has 0 radical (unpaired) electrons. The Hall–Kier alpha value is -1.36. The largest absolute Gasteiger partial charge is 0.456 e. The summed E-state index contributed by atoms with van der Waals surface area (Å²) in [5.74, 6) is -0.340. The maximum atomic E-state index is 12.0. The number of benzene rings is 1. The van der Waals surface area contributed by atoms with E-state index in [2.05, 4.69) is 26.1 Å². The van der Waals surface area contributed by atoms with Crippen LogP contribution in [0, 0.1) is 0 Å². The minimum absolute atomic E-state index is 0.340. The first-order chi connectivity index (χ1) is 7.88. The summed E-state index contributed by atoms with van der Waals surface area (Å²) in [6, 6.07) is 3.53. The van der Waals surface area contributed by atoms with Crippen molar-refractivity contribution in [1.29, 1.82) is 0 Å². The molecule has 0 spiro atoms. The molecule has 1 aromatic carbocycles. The first-order valence-corrected chi connectivity index (χ1v) is 6.03. The molecule has 90 valence electrons. The molecule has 0 bridgehead atoms. The van der Waals surface area contributed by atoms with E-state index in [0.29, 0.717) is 10.0 Å². The van der Waals surface area contributed by atoms with Gasteiger partial charge in [0.25, 0.3) is 0 Å². The Kier molecular flexibility index (Phi) is 2.95. The molecule has 17 heavy (non-hydrogen) atoms. The van der Waals surface area contributed by atoms with Crippen molar-refractivity contribution < 1.29 is 9.53 Å². The number of halogens is 1. The molecule has 5 heteroatoms. The molecule has 1 N–H and O–H groups in total. The molecule has 0 atom stereocenters. The zero-order valence-electron chi connectivity index (χ0n) is 9.87. The van der Waals surface area contributed by atoms with Gasteiger partial charge in [0.1, 0.15) is 5.60 Å². The SMILES string of the molecule is CC(C)(C)OC(=O)c1ccc2[nH]ncc2c1Br. The van der Waals surface area contributed by atoms with Crippen LogP contribution in [0.3, 0.4) is 0 Å². The summed E-state index contributed by atoms with van der Waals surface area (Å²) in [5, 5.41) is 7.64. The lowest BCUT2D eigenvalue weighted by Gasteiger charge is -2.19. The molecule has 4 nitrogen and oxygen atoms in total. The van der Waals surface area contributed by atoms with Crippen LogP contribution in [0.5, 0.6) is 0 Å². The molecule has 0 unspecified atom stereocenters. The van der Waals surface area contributed by atoms with Gasteiger partial charge < -0.3 is 4.74 Å². The van der Waals surface area contributed by atoms with Gasteiger partial charge >= 0.3 is 5.97 Å². The molecular formula is C12H13BrN2O2. The quantitative estimate of drug-likeness (QED) is 0.822. The number of fused-ring (bicyclic) bond motifs is 1. The van der Waals surface area contributed by atoms with Crippen LogP contribution in [0.4, 0.5) is 0 Å². The van der Waals surface area contributed by atoms with Crippen LogP contribution in [0.1, 0.15) is 31.1 Å². The molecule has 0 saturated heterocycles. The van der Waals surface area contributed by atoms with Crippen molar-refractivity contribution in [3.8, 4) is 0 Å². The Morgan fingerprint density at radius 1 is 1.41 bits per heavy atom. The van der Waals surface area contributed by atoms with E-state index >= 15 is 0 Å². The topological polar surface area (TPSA) is 55.0 Å². The number of nitrogens with one attached hydrogen (secondary N) is 1. The van der Waals surface area contributed by atoms with E-state index in [4.69, 9.17) is 4.74 Å². The van der Waals surface area contributed by atoms with Crippen LogP contribution in [0.2, 0.25) is 0 Å². The first-order valence-electron chi connectivity index (χ1n) is 5.23. The molecule has 1 aromatic heterocycles. The maximum absolute atomic E-state index is 12.0. The first kappa shape index (κ1) is 12.1. The average molecular weight is 297 g/mol. The Balaban J connectivity index is 2.42. The summed E-state index contributed by atoms with van der Waals surface area (Å²) < 4.78 is 6.04. The molecule has 0 amide bonds. The van der Waals surface area contributed by atoms with E-state index in [1.807, 2.05) is 26.8 Å². The molecular weight excluding hydrogens is 284 g/mol. The van der Waals surface area contributed by atoms with E-state index in [1.54, 1.807) is 12.3 Å².